The van der Waals surface area contributed by atoms with E-state index < -0.39 is 0 Å². The van der Waals surface area contributed by atoms with Gasteiger partial charge in [0.05, 0.1) is 0 Å². The Morgan fingerprint density at radius 2 is 1.67 bits per heavy atom. The normalized spacial score (nSPS) is 14.6. The highest BCUT2D eigenvalue weighted by molar-refractivity contribution is 7.15. The molecule has 0 N–H and O–H groups in total. The van der Waals surface area contributed by atoms with Gasteiger partial charge in [0.15, 0.2) is 0 Å². The van der Waals surface area contributed by atoms with Gasteiger partial charge in [0.2, 0.25) is 5.13 Å². The van der Waals surface area contributed by atoms with Crippen molar-refractivity contribution in [1.82, 2.24) is 20.2 Å². The Morgan fingerprint density at radius 1 is 0.963 bits per heavy atom. The summed E-state index contributed by atoms with van der Waals surface area (Å²) >= 11 is 1.61. The minimum atomic E-state index is -0.219. The third-order valence-electron chi connectivity index (χ3n) is 4.55. The standard InChI is InChI=1S/C19H21FN6S/c1-13-11-17(22-14(2)21-13)25-7-9-26(10-8-25)19-24-23-18(27-19)12-15-3-5-16(20)6-4-15/h3-6,11H,7-10,12H2,1-2H3. The van der Waals surface area contributed by atoms with Crippen LogP contribution in [0.4, 0.5) is 15.3 Å². The van der Waals surface area contributed by atoms with E-state index >= 15 is 0 Å². The van der Waals surface area contributed by atoms with Crippen LogP contribution in [0.1, 0.15) is 22.1 Å². The maximum Gasteiger partial charge on any atom is 0.208 e. The van der Waals surface area contributed by atoms with Crippen LogP contribution in [0.5, 0.6) is 0 Å². The lowest BCUT2D eigenvalue weighted by molar-refractivity contribution is 0.627. The largest absolute Gasteiger partial charge is 0.353 e. The summed E-state index contributed by atoms with van der Waals surface area (Å²) in [6.07, 6.45) is 0.678. The lowest BCUT2D eigenvalue weighted by Crippen LogP contribution is -2.47. The Kier molecular flexibility index (Phi) is 4.98. The van der Waals surface area contributed by atoms with Crippen molar-refractivity contribution < 1.29 is 4.39 Å². The zero-order valence-corrected chi connectivity index (χ0v) is 16.2. The van der Waals surface area contributed by atoms with Gasteiger partial charge in [-0.25, -0.2) is 14.4 Å². The highest BCUT2D eigenvalue weighted by atomic mass is 32.1. The number of halogens is 1. The second-order valence-electron chi connectivity index (χ2n) is 6.67. The zero-order valence-electron chi connectivity index (χ0n) is 15.4. The summed E-state index contributed by atoms with van der Waals surface area (Å²) in [7, 11) is 0. The molecule has 0 saturated carbocycles. The van der Waals surface area contributed by atoms with E-state index in [0.29, 0.717) is 6.42 Å². The Bertz CT molecular complexity index is 898. The first-order valence-electron chi connectivity index (χ1n) is 8.96. The van der Waals surface area contributed by atoms with Crippen molar-refractivity contribution in [2.24, 2.45) is 0 Å². The third kappa shape index (κ3) is 4.21. The summed E-state index contributed by atoms with van der Waals surface area (Å²) in [4.78, 5) is 13.5. The first-order chi connectivity index (χ1) is 13.1. The van der Waals surface area contributed by atoms with E-state index in [9.17, 15) is 4.39 Å². The fourth-order valence-corrected chi connectivity index (χ4v) is 4.13. The lowest BCUT2D eigenvalue weighted by atomic mass is 10.2. The number of rotatable bonds is 4. The molecule has 1 saturated heterocycles. The molecule has 8 heteroatoms. The summed E-state index contributed by atoms with van der Waals surface area (Å²) in [6, 6.07) is 8.58. The molecule has 4 rings (SSSR count). The highest BCUT2D eigenvalue weighted by Gasteiger charge is 2.21. The van der Waals surface area contributed by atoms with E-state index in [-0.39, 0.29) is 5.82 Å². The smallest absolute Gasteiger partial charge is 0.208 e. The number of piperazine rings is 1. The van der Waals surface area contributed by atoms with Crippen LogP contribution in [0, 0.1) is 19.7 Å². The van der Waals surface area contributed by atoms with Gasteiger partial charge in [0.1, 0.15) is 22.5 Å². The molecule has 1 aliphatic rings. The van der Waals surface area contributed by atoms with Crippen LogP contribution in [0.2, 0.25) is 0 Å². The van der Waals surface area contributed by atoms with Gasteiger partial charge in [0, 0.05) is 44.4 Å². The third-order valence-corrected chi connectivity index (χ3v) is 5.54. The number of aromatic nitrogens is 4. The van der Waals surface area contributed by atoms with Crippen LogP contribution in [0.15, 0.2) is 30.3 Å². The summed E-state index contributed by atoms with van der Waals surface area (Å²) < 4.78 is 13.0. The van der Waals surface area contributed by atoms with Crippen LogP contribution in [-0.4, -0.2) is 46.3 Å². The van der Waals surface area contributed by atoms with Crippen LogP contribution >= 0.6 is 11.3 Å². The molecule has 0 unspecified atom stereocenters. The number of anilines is 2. The average molecular weight is 384 g/mol. The quantitative estimate of drug-likeness (QED) is 0.689. The fourth-order valence-electron chi connectivity index (χ4n) is 3.21. The maximum atomic E-state index is 13.0. The Morgan fingerprint density at radius 3 is 2.37 bits per heavy atom. The number of hydrogen-bond donors (Lipinski definition) is 0. The van der Waals surface area contributed by atoms with Crippen molar-refractivity contribution in [3.63, 3.8) is 0 Å². The Labute approximate surface area is 161 Å². The zero-order chi connectivity index (χ0) is 18.8. The highest BCUT2D eigenvalue weighted by Crippen LogP contribution is 2.24. The molecule has 3 heterocycles. The molecule has 0 amide bonds. The molecule has 3 aromatic rings. The second kappa shape index (κ2) is 7.56. The first-order valence-corrected chi connectivity index (χ1v) is 9.77. The molecular formula is C19H21FN6S. The van der Waals surface area contributed by atoms with Crippen molar-refractivity contribution in [2.75, 3.05) is 36.0 Å². The molecular weight excluding hydrogens is 363 g/mol. The number of benzene rings is 1. The van der Waals surface area contributed by atoms with Gasteiger partial charge < -0.3 is 9.80 Å². The molecule has 0 aliphatic carbocycles. The van der Waals surface area contributed by atoms with E-state index in [1.807, 2.05) is 19.9 Å². The molecule has 1 fully saturated rings. The molecule has 0 bridgehead atoms. The van der Waals surface area contributed by atoms with Crippen LogP contribution in [0.25, 0.3) is 0 Å². The van der Waals surface area contributed by atoms with E-state index in [1.165, 1.54) is 12.1 Å². The number of nitrogens with zero attached hydrogens (tertiary/aromatic N) is 6. The van der Waals surface area contributed by atoms with Gasteiger partial charge in [-0.15, -0.1) is 10.2 Å². The van der Waals surface area contributed by atoms with Gasteiger partial charge in [-0.1, -0.05) is 23.5 Å². The van der Waals surface area contributed by atoms with Gasteiger partial charge in [0.25, 0.3) is 0 Å². The number of hydrogen-bond acceptors (Lipinski definition) is 7. The van der Waals surface area contributed by atoms with Crippen LogP contribution in [-0.2, 0) is 6.42 Å². The number of aryl methyl sites for hydroxylation is 2. The van der Waals surface area contributed by atoms with E-state index in [4.69, 9.17) is 0 Å². The predicted octanol–water partition coefficient (Wildman–Crippen LogP) is 3.00. The SMILES string of the molecule is Cc1cc(N2CCN(c3nnc(Cc4ccc(F)cc4)s3)CC2)nc(C)n1. The van der Waals surface area contributed by atoms with Crippen LogP contribution in [0.3, 0.4) is 0 Å². The molecule has 6 nitrogen and oxygen atoms in total. The monoisotopic (exact) mass is 384 g/mol. The van der Waals surface area contributed by atoms with Crippen molar-refractivity contribution >= 4 is 22.3 Å². The van der Waals surface area contributed by atoms with Crippen molar-refractivity contribution in [2.45, 2.75) is 20.3 Å². The molecule has 0 atom stereocenters. The van der Waals surface area contributed by atoms with E-state index in [1.54, 1.807) is 23.5 Å². The van der Waals surface area contributed by atoms with Crippen LogP contribution < -0.4 is 9.80 Å². The minimum Gasteiger partial charge on any atom is -0.353 e. The topological polar surface area (TPSA) is 58.0 Å². The molecule has 0 radical (unpaired) electrons. The van der Waals surface area contributed by atoms with Gasteiger partial charge in [-0.3, -0.25) is 0 Å². The fraction of sp³-hybridized carbons (Fsp3) is 0.368. The maximum absolute atomic E-state index is 13.0. The molecule has 27 heavy (non-hydrogen) atoms. The molecule has 2 aromatic heterocycles. The average Bonchev–Trinajstić information content (AvgIpc) is 3.11. The molecule has 1 aromatic carbocycles. The molecule has 1 aliphatic heterocycles. The van der Waals surface area contributed by atoms with Crippen molar-refractivity contribution in [3.05, 3.63) is 58.2 Å². The van der Waals surface area contributed by atoms with Gasteiger partial charge in [-0.05, 0) is 31.5 Å². The summed E-state index contributed by atoms with van der Waals surface area (Å²) in [6.45, 7) is 7.47. The summed E-state index contributed by atoms with van der Waals surface area (Å²) in [5.41, 5.74) is 2.04. The lowest BCUT2D eigenvalue weighted by Gasteiger charge is -2.35. The second-order valence-corrected chi connectivity index (χ2v) is 7.71. The van der Waals surface area contributed by atoms with E-state index in [0.717, 1.165) is 59.2 Å². The molecule has 140 valence electrons. The Hall–Kier alpha value is -2.61. The van der Waals surface area contributed by atoms with Crippen molar-refractivity contribution in [1.29, 1.82) is 0 Å². The van der Waals surface area contributed by atoms with Gasteiger partial charge >= 0.3 is 0 Å². The Balaban J connectivity index is 1.38. The molecule has 0 spiro atoms. The predicted molar refractivity (Wildman–Crippen MR) is 105 cm³/mol. The minimum absolute atomic E-state index is 0.219. The summed E-state index contributed by atoms with van der Waals surface area (Å²) in [5, 5.41) is 10.6. The van der Waals surface area contributed by atoms with Crippen molar-refractivity contribution in [3.8, 4) is 0 Å². The first kappa shape index (κ1) is 17.8. The summed E-state index contributed by atoms with van der Waals surface area (Å²) in [5.74, 6) is 1.58. The van der Waals surface area contributed by atoms with E-state index in [2.05, 4.69) is 30.0 Å². The van der Waals surface area contributed by atoms with Gasteiger partial charge in [-0.2, -0.15) is 0 Å².